The summed E-state index contributed by atoms with van der Waals surface area (Å²) in [4.78, 5) is 15.6. The molecule has 1 aromatic rings. The Hall–Kier alpha value is -0.910. The molecule has 17 heavy (non-hydrogen) atoms. The van der Waals surface area contributed by atoms with E-state index in [-0.39, 0.29) is 18.1 Å². The van der Waals surface area contributed by atoms with E-state index in [1.54, 1.807) is 11.3 Å². The fourth-order valence-corrected chi connectivity index (χ4v) is 3.45. The summed E-state index contributed by atoms with van der Waals surface area (Å²) >= 11 is 1.78. The van der Waals surface area contributed by atoms with Crippen LogP contribution in [0, 0.1) is 0 Å². The number of hydrogen-bond donors (Lipinski definition) is 2. The Morgan fingerprint density at radius 1 is 1.59 bits per heavy atom. The summed E-state index contributed by atoms with van der Waals surface area (Å²) in [5, 5.41) is 14.6. The summed E-state index contributed by atoms with van der Waals surface area (Å²) in [7, 11) is 0. The lowest BCUT2D eigenvalue weighted by atomic mass is 10.1. The van der Waals surface area contributed by atoms with Crippen molar-refractivity contribution in [3.8, 4) is 0 Å². The van der Waals surface area contributed by atoms with Gasteiger partial charge in [-0.25, -0.2) is 0 Å². The van der Waals surface area contributed by atoms with Crippen molar-refractivity contribution in [2.75, 3.05) is 13.1 Å². The number of aliphatic hydroxyl groups excluding tert-OH is 1. The molecule has 0 radical (unpaired) electrons. The van der Waals surface area contributed by atoms with Gasteiger partial charge in [0.25, 0.3) is 0 Å². The Balaban J connectivity index is 1.68. The molecular weight excluding hydrogens is 236 g/mol. The third-order valence-electron chi connectivity index (χ3n) is 3.53. The zero-order valence-corrected chi connectivity index (χ0v) is 10.4. The normalized spacial score (nSPS) is 28.2. The summed E-state index contributed by atoms with van der Waals surface area (Å²) in [6.07, 6.45) is 1.14. The number of β-amino-alcohol motifs (C(OH)–C–C–N with tert-alkyl or cyclic N) is 1. The summed E-state index contributed by atoms with van der Waals surface area (Å²) < 4.78 is 0. The molecule has 0 saturated carbocycles. The average Bonchev–Trinajstić information content (AvgIpc) is 2.95. The van der Waals surface area contributed by atoms with Gasteiger partial charge in [0.05, 0.1) is 12.1 Å². The maximum absolute atomic E-state index is 12.2. The molecular formula is C12H16N2O2S. The van der Waals surface area contributed by atoms with E-state index in [0.717, 1.165) is 19.5 Å². The van der Waals surface area contributed by atoms with Gasteiger partial charge in [0, 0.05) is 24.5 Å². The van der Waals surface area contributed by atoms with Gasteiger partial charge in [-0.1, -0.05) is 0 Å². The molecule has 1 fully saturated rings. The first-order valence-electron chi connectivity index (χ1n) is 5.99. The van der Waals surface area contributed by atoms with E-state index >= 15 is 0 Å². The van der Waals surface area contributed by atoms with Gasteiger partial charge in [-0.2, -0.15) is 0 Å². The number of rotatable bonds is 1. The van der Waals surface area contributed by atoms with Crippen LogP contribution in [0.1, 0.15) is 16.9 Å². The van der Waals surface area contributed by atoms with Crippen LogP contribution in [0.2, 0.25) is 0 Å². The van der Waals surface area contributed by atoms with E-state index in [1.807, 2.05) is 4.90 Å². The lowest BCUT2D eigenvalue weighted by molar-refractivity contribution is -0.134. The van der Waals surface area contributed by atoms with Crippen molar-refractivity contribution in [1.82, 2.24) is 10.2 Å². The SMILES string of the molecule is O=C([C@@H]1C[C@H](O)CN1)N1CCc2sccc2C1. The van der Waals surface area contributed by atoms with Crippen molar-refractivity contribution in [3.63, 3.8) is 0 Å². The van der Waals surface area contributed by atoms with E-state index < -0.39 is 0 Å². The van der Waals surface area contributed by atoms with Crippen LogP contribution in [0.25, 0.3) is 0 Å². The zero-order chi connectivity index (χ0) is 11.8. The first-order chi connectivity index (χ1) is 8.24. The number of hydrogen-bond acceptors (Lipinski definition) is 4. The lowest BCUT2D eigenvalue weighted by Gasteiger charge is -2.29. The van der Waals surface area contributed by atoms with Gasteiger partial charge >= 0.3 is 0 Å². The van der Waals surface area contributed by atoms with Crippen LogP contribution in [0.4, 0.5) is 0 Å². The van der Waals surface area contributed by atoms with E-state index in [9.17, 15) is 9.90 Å². The van der Waals surface area contributed by atoms with Crippen molar-refractivity contribution in [1.29, 1.82) is 0 Å². The van der Waals surface area contributed by atoms with Gasteiger partial charge in [-0.05, 0) is 29.9 Å². The third kappa shape index (κ3) is 2.10. The highest BCUT2D eigenvalue weighted by Crippen LogP contribution is 2.25. The van der Waals surface area contributed by atoms with Crippen LogP contribution in [0.3, 0.4) is 0 Å². The first-order valence-corrected chi connectivity index (χ1v) is 6.87. The van der Waals surface area contributed by atoms with Gasteiger partial charge in [-0.15, -0.1) is 11.3 Å². The number of nitrogens with zero attached hydrogens (tertiary/aromatic N) is 1. The molecule has 0 unspecified atom stereocenters. The minimum Gasteiger partial charge on any atom is -0.392 e. The highest BCUT2D eigenvalue weighted by molar-refractivity contribution is 7.10. The molecule has 2 aliphatic heterocycles. The number of aliphatic hydroxyl groups is 1. The van der Waals surface area contributed by atoms with Crippen LogP contribution in [0.15, 0.2) is 11.4 Å². The third-order valence-corrected chi connectivity index (χ3v) is 4.55. The van der Waals surface area contributed by atoms with Crippen LogP contribution in [-0.4, -0.2) is 41.1 Å². The Morgan fingerprint density at radius 2 is 2.47 bits per heavy atom. The number of amides is 1. The smallest absolute Gasteiger partial charge is 0.240 e. The predicted molar refractivity (Wildman–Crippen MR) is 65.9 cm³/mol. The van der Waals surface area contributed by atoms with E-state index in [0.29, 0.717) is 13.0 Å². The van der Waals surface area contributed by atoms with Crippen molar-refractivity contribution in [3.05, 3.63) is 21.9 Å². The largest absolute Gasteiger partial charge is 0.392 e. The van der Waals surface area contributed by atoms with Gasteiger partial charge in [-0.3, -0.25) is 4.79 Å². The van der Waals surface area contributed by atoms with Crippen LogP contribution >= 0.6 is 11.3 Å². The Bertz CT molecular complexity index is 432. The number of fused-ring (bicyclic) bond motifs is 1. The number of carbonyl (C=O) groups excluding carboxylic acids is 1. The number of nitrogens with one attached hydrogen (secondary N) is 1. The van der Waals surface area contributed by atoms with Gasteiger partial charge < -0.3 is 15.3 Å². The summed E-state index contributed by atoms with van der Waals surface area (Å²) in [6, 6.07) is 1.92. The molecule has 5 heteroatoms. The van der Waals surface area contributed by atoms with E-state index in [2.05, 4.69) is 16.8 Å². The Kier molecular flexibility index (Phi) is 2.90. The minimum absolute atomic E-state index is 0.137. The quantitative estimate of drug-likeness (QED) is 0.758. The van der Waals surface area contributed by atoms with Crippen molar-refractivity contribution < 1.29 is 9.90 Å². The average molecular weight is 252 g/mol. The standard InChI is InChI=1S/C12H16N2O2S/c15-9-5-10(13-6-9)12(16)14-3-1-11-8(7-14)2-4-17-11/h2,4,9-10,13,15H,1,3,5-7H2/t9-,10-/m0/s1. The lowest BCUT2D eigenvalue weighted by Crippen LogP contribution is -2.45. The number of thiophene rings is 1. The second kappa shape index (κ2) is 4.40. The van der Waals surface area contributed by atoms with E-state index in [4.69, 9.17) is 0 Å². The summed E-state index contributed by atoms with van der Waals surface area (Å²) in [6.45, 7) is 2.07. The van der Waals surface area contributed by atoms with Crippen LogP contribution in [-0.2, 0) is 17.8 Å². The maximum atomic E-state index is 12.2. The number of carbonyl (C=O) groups is 1. The molecule has 92 valence electrons. The minimum atomic E-state index is -0.370. The second-order valence-corrected chi connectivity index (χ2v) is 5.73. The second-order valence-electron chi connectivity index (χ2n) is 4.73. The van der Waals surface area contributed by atoms with Crippen molar-refractivity contribution in [2.24, 2.45) is 0 Å². The molecule has 0 bridgehead atoms. The molecule has 3 heterocycles. The Morgan fingerprint density at radius 3 is 3.24 bits per heavy atom. The molecule has 2 aliphatic rings. The molecule has 0 spiro atoms. The molecule has 2 N–H and O–H groups in total. The van der Waals surface area contributed by atoms with Crippen LogP contribution < -0.4 is 5.32 Å². The molecule has 3 rings (SSSR count). The van der Waals surface area contributed by atoms with Gasteiger partial charge in [0.2, 0.25) is 5.91 Å². The summed E-state index contributed by atoms with van der Waals surface area (Å²) in [5.74, 6) is 0.137. The monoisotopic (exact) mass is 252 g/mol. The molecule has 1 saturated heterocycles. The molecule has 4 nitrogen and oxygen atoms in total. The predicted octanol–water partition coefficient (Wildman–Crippen LogP) is 0.356. The van der Waals surface area contributed by atoms with E-state index in [1.165, 1.54) is 10.4 Å². The Labute approximate surface area is 104 Å². The summed E-state index contributed by atoms with van der Waals surface area (Å²) in [5.41, 5.74) is 1.29. The van der Waals surface area contributed by atoms with Gasteiger partial charge in [0.1, 0.15) is 0 Å². The first kappa shape index (κ1) is 11.2. The molecule has 1 aromatic heterocycles. The van der Waals surface area contributed by atoms with Crippen LogP contribution in [0.5, 0.6) is 0 Å². The maximum Gasteiger partial charge on any atom is 0.240 e. The molecule has 1 amide bonds. The molecule has 2 atom stereocenters. The van der Waals surface area contributed by atoms with Gasteiger partial charge in [0.15, 0.2) is 0 Å². The molecule has 0 aromatic carbocycles. The zero-order valence-electron chi connectivity index (χ0n) is 9.56. The highest BCUT2D eigenvalue weighted by Gasteiger charge is 2.32. The van der Waals surface area contributed by atoms with Crippen molar-refractivity contribution >= 4 is 17.2 Å². The highest BCUT2D eigenvalue weighted by atomic mass is 32.1. The molecule has 0 aliphatic carbocycles. The fraction of sp³-hybridized carbons (Fsp3) is 0.583. The fourth-order valence-electron chi connectivity index (χ4n) is 2.56. The van der Waals surface area contributed by atoms with Crippen molar-refractivity contribution in [2.45, 2.75) is 31.5 Å². The topological polar surface area (TPSA) is 52.6 Å².